The zero-order valence-corrected chi connectivity index (χ0v) is 30.6. The van der Waals surface area contributed by atoms with Crippen LogP contribution < -0.4 is 0 Å². The largest absolute Gasteiger partial charge is 0.456 e. The fourth-order valence-electron chi connectivity index (χ4n) is 9.57. The minimum Gasteiger partial charge on any atom is -0.456 e. The first-order valence-electron chi connectivity index (χ1n) is 18.8. The van der Waals surface area contributed by atoms with Crippen LogP contribution in [0.2, 0.25) is 0 Å². The van der Waals surface area contributed by atoms with E-state index >= 15 is 0 Å². The highest BCUT2D eigenvalue weighted by Crippen LogP contribution is 2.53. The molecule has 0 unspecified atom stereocenters. The molecule has 8 aromatic carbocycles. The van der Waals surface area contributed by atoms with Crippen molar-refractivity contribution in [2.45, 2.75) is 26.2 Å². The Morgan fingerprint density at radius 3 is 1.94 bits per heavy atom. The number of aromatic nitrogens is 1. The molecule has 0 aliphatic heterocycles. The summed E-state index contributed by atoms with van der Waals surface area (Å²) in [7, 11) is 0. The van der Waals surface area contributed by atoms with Crippen LogP contribution >= 0.6 is 0 Å². The van der Waals surface area contributed by atoms with Crippen molar-refractivity contribution in [2.75, 3.05) is 0 Å². The lowest BCUT2D eigenvalue weighted by Gasteiger charge is -2.22. The summed E-state index contributed by atoms with van der Waals surface area (Å²) in [4.78, 5) is 0. The highest BCUT2D eigenvalue weighted by Gasteiger charge is 2.35. The van der Waals surface area contributed by atoms with Crippen LogP contribution in [-0.2, 0) is 5.41 Å². The number of benzene rings is 8. The molecule has 256 valence electrons. The molecule has 2 nitrogen and oxygen atoms in total. The van der Waals surface area contributed by atoms with E-state index in [1.807, 2.05) is 19.1 Å². The van der Waals surface area contributed by atoms with Crippen LogP contribution in [0.25, 0.3) is 105 Å². The molecule has 54 heavy (non-hydrogen) atoms. The molecule has 0 fully saturated rings. The summed E-state index contributed by atoms with van der Waals surface area (Å²) in [6.07, 6.45) is 1.75. The van der Waals surface area contributed by atoms with E-state index in [-0.39, 0.29) is 5.41 Å². The molecule has 0 amide bonds. The number of allylic oxidation sites excluding steroid dienone is 1. The van der Waals surface area contributed by atoms with E-state index in [9.17, 15) is 0 Å². The maximum Gasteiger partial charge on any atom is 0.135 e. The van der Waals surface area contributed by atoms with Gasteiger partial charge < -0.3 is 8.98 Å². The van der Waals surface area contributed by atoms with Crippen LogP contribution in [0.1, 0.15) is 31.9 Å². The monoisotopic (exact) mass is 691 g/mol. The molecule has 0 radical (unpaired) electrons. The van der Waals surface area contributed by atoms with E-state index in [4.69, 9.17) is 4.42 Å². The summed E-state index contributed by atoms with van der Waals surface area (Å²) in [6.45, 7) is 9.98. The number of furan rings is 1. The van der Waals surface area contributed by atoms with E-state index in [1.165, 1.54) is 93.9 Å². The van der Waals surface area contributed by atoms with Crippen LogP contribution in [0, 0.1) is 0 Å². The number of hydrogen-bond acceptors (Lipinski definition) is 1. The van der Waals surface area contributed by atoms with E-state index in [2.05, 4.69) is 165 Å². The van der Waals surface area contributed by atoms with Gasteiger partial charge in [-0.05, 0) is 122 Å². The molecule has 0 saturated carbocycles. The summed E-state index contributed by atoms with van der Waals surface area (Å²) >= 11 is 0. The van der Waals surface area contributed by atoms with Crippen molar-refractivity contribution < 1.29 is 4.42 Å². The first-order chi connectivity index (χ1) is 26.5. The lowest BCUT2D eigenvalue weighted by atomic mass is 9.82. The second-order valence-electron chi connectivity index (χ2n) is 15.3. The van der Waals surface area contributed by atoms with Crippen molar-refractivity contribution >= 4 is 54.5 Å². The van der Waals surface area contributed by atoms with E-state index in [1.54, 1.807) is 6.08 Å². The number of nitrogens with zero attached hydrogens (tertiary/aromatic N) is 1. The Kier molecular flexibility index (Phi) is 6.41. The number of para-hydroxylation sites is 1. The average molecular weight is 692 g/mol. The first-order valence-corrected chi connectivity index (χ1v) is 18.8. The fourth-order valence-corrected chi connectivity index (χ4v) is 9.57. The van der Waals surface area contributed by atoms with Crippen LogP contribution in [0.5, 0.6) is 0 Å². The van der Waals surface area contributed by atoms with Crippen molar-refractivity contribution in [2.24, 2.45) is 0 Å². The summed E-state index contributed by atoms with van der Waals surface area (Å²) < 4.78 is 8.71. The quantitative estimate of drug-likeness (QED) is 0.165. The zero-order valence-electron chi connectivity index (χ0n) is 30.6. The summed E-state index contributed by atoms with van der Waals surface area (Å²) in [6, 6.07) is 56.2. The number of hydrogen-bond donors (Lipinski definition) is 0. The van der Waals surface area contributed by atoms with Crippen LogP contribution in [0.3, 0.4) is 0 Å². The van der Waals surface area contributed by atoms with Gasteiger partial charge in [0.05, 0.1) is 11.0 Å². The van der Waals surface area contributed by atoms with E-state index in [0.717, 1.165) is 21.9 Å². The molecule has 2 aliphatic carbocycles. The van der Waals surface area contributed by atoms with Crippen LogP contribution in [-0.4, -0.2) is 4.57 Å². The fraction of sp³-hybridized carbons (Fsp3) is 0.0769. The predicted octanol–water partition coefficient (Wildman–Crippen LogP) is 14.6. The minimum atomic E-state index is -0.0849. The molecular formula is C52H37NO. The van der Waals surface area contributed by atoms with Crippen LogP contribution in [0.15, 0.2) is 169 Å². The minimum absolute atomic E-state index is 0.0849. The van der Waals surface area contributed by atoms with Gasteiger partial charge in [-0.3, -0.25) is 0 Å². The second kappa shape index (κ2) is 11.2. The Morgan fingerprint density at radius 2 is 1.11 bits per heavy atom. The third kappa shape index (κ3) is 4.11. The van der Waals surface area contributed by atoms with Gasteiger partial charge in [-0.2, -0.15) is 0 Å². The van der Waals surface area contributed by atoms with E-state index < -0.39 is 0 Å². The Hall–Kier alpha value is -6.64. The molecule has 2 aromatic heterocycles. The van der Waals surface area contributed by atoms with Crippen molar-refractivity contribution in [1.82, 2.24) is 4.57 Å². The van der Waals surface area contributed by atoms with Crippen molar-refractivity contribution in [3.05, 3.63) is 175 Å². The van der Waals surface area contributed by atoms with Gasteiger partial charge in [0, 0.05) is 32.6 Å². The average Bonchev–Trinajstić information content (AvgIpc) is 3.91. The normalized spacial score (nSPS) is 13.3. The highest BCUT2D eigenvalue weighted by atomic mass is 16.3. The van der Waals surface area contributed by atoms with Gasteiger partial charge in [-0.1, -0.05) is 123 Å². The Balaban J connectivity index is 0.00000110. The Morgan fingerprint density at radius 1 is 0.481 bits per heavy atom. The molecule has 0 saturated heterocycles. The summed E-state index contributed by atoms with van der Waals surface area (Å²) in [5.74, 6) is 0. The van der Waals surface area contributed by atoms with Crippen LogP contribution in [0.4, 0.5) is 0 Å². The molecule has 2 heterocycles. The highest BCUT2D eigenvalue weighted by molar-refractivity contribution is 6.29. The Labute approximate surface area is 314 Å². The predicted molar refractivity (Wildman–Crippen MR) is 229 cm³/mol. The number of rotatable bonds is 2. The molecule has 0 atom stereocenters. The molecular weight excluding hydrogens is 655 g/mol. The molecule has 0 N–H and O–H groups in total. The third-order valence-electron chi connectivity index (χ3n) is 11.9. The van der Waals surface area contributed by atoms with Gasteiger partial charge in [0.25, 0.3) is 0 Å². The maximum absolute atomic E-state index is 6.19. The van der Waals surface area contributed by atoms with Crippen molar-refractivity contribution in [3.8, 4) is 50.2 Å². The lowest BCUT2D eigenvalue weighted by Crippen LogP contribution is -2.15. The Bertz CT molecular complexity index is 3220. The van der Waals surface area contributed by atoms with Crippen molar-refractivity contribution in [1.29, 1.82) is 0 Å². The molecule has 2 heteroatoms. The summed E-state index contributed by atoms with van der Waals surface area (Å²) in [5, 5.41) is 7.53. The topological polar surface area (TPSA) is 18.1 Å². The SMILES string of the molecule is C=CC.CC1(C)c2ccccc2-c2ccc(-n3c4ccc(-c5ccc6oc7ccccc7c6c5)cc4c4c5cccc6c5c(cc43)-c3ccccc3-6)cc21. The number of fused-ring (bicyclic) bond motifs is 13. The molecule has 12 rings (SSSR count). The van der Waals surface area contributed by atoms with Gasteiger partial charge in [-0.15, -0.1) is 6.58 Å². The zero-order chi connectivity index (χ0) is 36.3. The van der Waals surface area contributed by atoms with Gasteiger partial charge >= 0.3 is 0 Å². The van der Waals surface area contributed by atoms with Gasteiger partial charge in [0.2, 0.25) is 0 Å². The standard InChI is InChI=1S/C49H31NO.C3H6/c1-49(2)41-16-7-5-12-33(41)34-21-20-30(26-42(34)49)50-43-22-18-28(29-19-23-46-38(24-29)35-13-6-8-17-45(35)51-46)25-40(43)48-37-15-9-14-36-31-10-3-4-11-32(31)39(47(36)37)27-44(48)50;1-3-2/h3-27H,1-2H3;3H,1H2,2H3. The maximum atomic E-state index is 6.19. The summed E-state index contributed by atoms with van der Waals surface area (Å²) in [5.41, 5.74) is 18.5. The second-order valence-corrected chi connectivity index (χ2v) is 15.3. The third-order valence-corrected chi connectivity index (χ3v) is 11.9. The lowest BCUT2D eigenvalue weighted by molar-refractivity contribution is 0.660. The van der Waals surface area contributed by atoms with Gasteiger partial charge in [0.15, 0.2) is 0 Å². The van der Waals surface area contributed by atoms with Crippen molar-refractivity contribution in [3.63, 3.8) is 0 Å². The van der Waals surface area contributed by atoms with Gasteiger partial charge in [0.1, 0.15) is 11.2 Å². The molecule has 10 aromatic rings. The smallest absolute Gasteiger partial charge is 0.135 e. The molecule has 2 aliphatic rings. The van der Waals surface area contributed by atoms with E-state index in [0.29, 0.717) is 0 Å². The first kappa shape index (κ1) is 30.9. The van der Waals surface area contributed by atoms with Gasteiger partial charge in [-0.25, -0.2) is 0 Å². The molecule has 0 bridgehead atoms. The molecule has 0 spiro atoms.